The van der Waals surface area contributed by atoms with Crippen molar-refractivity contribution < 1.29 is 4.79 Å². The predicted octanol–water partition coefficient (Wildman–Crippen LogP) is 2.99. The maximum Gasteiger partial charge on any atom is 0.219 e. The summed E-state index contributed by atoms with van der Waals surface area (Å²) >= 11 is 1.75. The maximum atomic E-state index is 11.4. The second kappa shape index (κ2) is 5.17. The Morgan fingerprint density at radius 3 is 2.94 bits per heavy atom. The normalized spacial score (nSPS) is 20.9. The second-order valence-electron chi connectivity index (χ2n) is 5.07. The van der Waals surface area contributed by atoms with Gasteiger partial charge in [-0.05, 0) is 18.8 Å². The minimum absolute atomic E-state index is 0.190. The first-order valence-electron chi connectivity index (χ1n) is 6.28. The monoisotopic (exact) mass is 252 g/mol. The van der Waals surface area contributed by atoms with E-state index in [2.05, 4.69) is 19.2 Å². The van der Waals surface area contributed by atoms with Gasteiger partial charge in [0.25, 0.3) is 0 Å². The molecule has 1 aromatic rings. The number of hydrogen-bond donors (Lipinski definition) is 0. The molecule has 1 aliphatic rings. The molecule has 0 radical (unpaired) electrons. The molecule has 2 rings (SSSR count). The molecule has 0 aromatic carbocycles. The van der Waals surface area contributed by atoms with Crippen LogP contribution in [-0.4, -0.2) is 28.9 Å². The van der Waals surface area contributed by atoms with E-state index < -0.39 is 0 Å². The number of aromatic nitrogens is 1. The molecule has 1 unspecified atom stereocenters. The number of piperidine rings is 1. The highest BCUT2D eigenvalue weighted by Gasteiger charge is 2.25. The van der Waals surface area contributed by atoms with Crippen LogP contribution in [0.3, 0.4) is 0 Å². The van der Waals surface area contributed by atoms with Crippen molar-refractivity contribution >= 4 is 17.2 Å². The van der Waals surface area contributed by atoms with Gasteiger partial charge in [0.05, 0.1) is 10.7 Å². The number of hydrogen-bond acceptors (Lipinski definition) is 3. The van der Waals surface area contributed by atoms with E-state index in [1.807, 2.05) is 4.90 Å². The lowest BCUT2D eigenvalue weighted by atomic mass is 9.98. The molecule has 3 nitrogen and oxygen atoms in total. The maximum absolute atomic E-state index is 11.4. The predicted molar refractivity (Wildman–Crippen MR) is 70.4 cm³/mol. The molecule has 0 N–H and O–H groups in total. The van der Waals surface area contributed by atoms with Crippen LogP contribution in [0.15, 0.2) is 5.38 Å². The quantitative estimate of drug-likeness (QED) is 0.810. The van der Waals surface area contributed by atoms with Crippen LogP contribution in [-0.2, 0) is 4.79 Å². The Morgan fingerprint density at radius 1 is 1.59 bits per heavy atom. The zero-order valence-corrected chi connectivity index (χ0v) is 11.6. The summed E-state index contributed by atoms with van der Waals surface area (Å²) in [5.41, 5.74) is 1.19. The lowest BCUT2D eigenvalue weighted by molar-refractivity contribution is -0.130. The first-order chi connectivity index (χ1) is 8.08. The van der Waals surface area contributed by atoms with E-state index in [0.717, 1.165) is 25.9 Å². The largest absolute Gasteiger partial charge is 0.342 e. The average molecular weight is 252 g/mol. The van der Waals surface area contributed by atoms with Gasteiger partial charge in [-0.15, -0.1) is 11.3 Å². The van der Waals surface area contributed by atoms with Gasteiger partial charge in [-0.2, -0.15) is 0 Å². The van der Waals surface area contributed by atoms with Crippen molar-refractivity contribution in [2.24, 2.45) is 0 Å². The van der Waals surface area contributed by atoms with E-state index in [0.29, 0.717) is 11.8 Å². The molecule has 94 valence electrons. The number of carbonyl (C=O) groups is 1. The average Bonchev–Trinajstić information content (AvgIpc) is 2.78. The second-order valence-corrected chi connectivity index (χ2v) is 5.96. The molecule has 4 heteroatoms. The fourth-order valence-electron chi connectivity index (χ4n) is 2.22. The van der Waals surface area contributed by atoms with E-state index in [9.17, 15) is 4.79 Å². The van der Waals surface area contributed by atoms with Gasteiger partial charge in [0, 0.05) is 31.3 Å². The molecule has 1 aliphatic heterocycles. The fourth-order valence-corrected chi connectivity index (χ4v) is 3.33. The van der Waals surface area contributed by atoms with Crippen LogP contribution in [0.4, 0.5) is 0 Å². The molecular formula is C13H20N2OS. The van der Waals surface area contributed by atoms with Crippen molar-refractivity contribution in [2.45, 2.75) is 45.4 Å². The Morgan fingerprint density at radius 2 is 2.35 bits per heavy atom. The molecule has 2 heterocycles. The molecule has 1 saturated heterocycles. The molecule has 1 fully saturated rings. The Labute approximate surface area is 107 Å². The lowest BCUT2D eigenvalue weighted by Crippen LogP contribution is -2.37. The molecular weight excluding hydrogens is 232 g/mol. The molecule has 0 aliphatic carbocycles. The molecule has 0 bridgehead atoms. The molecule has 0 saturated carbocycles. The summed E-state index contributed by atoms with van der Waals surface area (Å²) in [6, 6.07) is 0. The summed E-state index contributed by atoms with van der Waals surface area (Å²) in [6.07, 6.45) is 2.26. The Bertz CT molecular complexity index is 400. The van der Waals surface area contributed by atoms with Gasteiger partial charge < -0.3 is 4.90 Å². The van der Waals surface area contributed by atoms with E-state index in [-0.39, 0.29) is 5.91 Å². The smallest absolute Gasteiger partial charge is 0.219 e. The molecule has 17 heavy (non-hydrogen) atoms. The van der Waals surface area contributed by atoms with E-state index in [4.69, 9.17) is 4.98 Å². The van der Waals surface area contributed by atoms with Crippen molar-refractivity contribution in [1.29, 1.82) is 0 Å². The van der Waals surface area contributed by atoms with Gasteiger partial charge in [-0.25, -0.2) is 4.98 Å². The number of carbonyl (C=O) groups excluding carboxylic acids is 1. The number of nitrogens with zero attached hydrogens (tertiary/aromatic N) is 2. The summed E-state index contributed by atoms with van der Waals surface area (Å²) in [5.74, 6) is 1.13. The molecule has 1 amide bonds. The van der Waals surface area contributed by atoms with Crippen molar-refractivity contribution in [3.05, 3.63) is 16.1 Å². The number of rotatable bonds is 2. The van der Waals surface area contributed by atoms with Crippen LogP contribution in [0.5, 0.6) is 0 Å². The van der Waals surface area contributed by atoms with Gasteiger partial charge in [0.1, 0.15) is 0 Å². The number of likely N-dealkylation sites (tertiary alicyclic amines) is 1. The first-order valence-corrected chi connectivity index (χ1v) is 7.16. The van der Waals surface area contributed by atoms with Crippen LogP contribution < -0.4 is 0 Å². The standard InChI is InChI=1S/C13H20N2OS/c1-9(2)12-8-17-13(14-12)11-5-4-6-15(7-11)10(3)16/h8-9,11H,4-7H2,1-3H3. The molecule has 0 spiro atoms. The SMILES string of the molecule is CC(=O)N1CCCC(c2nc(C(C)C)cs2)C1. The topological polar surface area (TPSA) is 33.2 Å². The molecule has 1 atom stereocenters. The number of amides is 1. The van der Waals surface area contributed by atoms with Gasteiger partial charge in [-0.3, -0.25) is 4.79 Å². The van der Waals surface area contributed by atoms with E-state index in [1.54, 1.807) is 18.3 Å². The highest BCUT2D eigenvalue weighted by atomic mass is 32.1. The van der Waals surface area contributed by atoms with Gasteiger partial charge in [-0.1, -0.05) is 13.8 Å². The number of thiazole rings is 1. The Balaban J connectivity index is 2.08. The van der Waals surface area contributed by atoms with Crippen LogP contribution >= 0.6 is 11.3 Å². The van der Waals surface area contributed by atoms with Crippen LogP contribution in [0, 0.1) is 0 Å². The minimum Gasteiger partial charge on any atom is -0.342 e. The van der Waals surface area contributed by atoms with Crippen molar-refractivity contribution in [3.63, 3.8) is 0 Å². The highest BCUT2D eigenvalue weighted by Crippen LogP contribution is 2.30. The summed E-state index contributed by atoms with van der Waals surface area (Å²) in [7, 11) is 0. The highest BCUT2D eigenvalue weighted by molar-refractivity contribution is 7.09. The third-order valence-corrected chi connectivity index (χ3v) is 4.37. The Hall–Kier alpha value is -0.900. The van der Waals surface area contributed by atoms with E-state index in [1.165, 1.54) is 10.7 Å². The zero-order valence-electron chi connectivity index (χ0n) is 10.8. The summed E-state index contributed by atoms with van der Waals surface area (Å²) < 4.78 is 0. The van der Waals surface area contributed by atoms with Crippen molar-refractivity contribution in [3.8, 4) is 0 Å². The summed E-state index contributed by atoms with van der Waals surface area (Å²) in [6.45, 7) is 7.75. The molecule has 1 aromatic heterocycles. The lowest BCUT2D eigenvalue weighted by Gasteiger charge is -2.30. The summed E-state index contributed by atoms with van der Waals surface area (Å²) in [4.78, 5) is 18.1. The van der Waals surface area contributed by atoms with Crippen LogP contribution in [0.2, 0.25) is 0 Å². The third kappa shape index (κ3) is 2.86. The minimum atomic E-state index is 0.190. The fraction of sp³-hybridized carbons (Fsp3) is 0.692. The van der Waals surface area contributed by atoms with Crippen molar-refractivity contribution in [2.75, 3.05) is 13.1 Å². The Kier molecular flexibility index (Phi) is 3.82. The first kappa shape index (κ1) is 12.6. The van der Waals surface area contributed by atoms with Gasteiger partial charge in [0.2, 0.25) is 5.91 Å². The van der Waals surface area contributed by atoms with Gasteiger partial charge in [0.15, 0.2) is 0 Å². The van der Waals surface area contributed by atoms with Crippen LogP contribution in [0.1, 0.15) is 56.2 Å². The van der Waals surface area contributed by atoms with E-state index >= 15 is 0 Å². The zero-order chi connectivity index (χ0) is 12.4. The van der Waals surface area contributed by atoms with Crippen molar-refractivity contribution in [1.82, 2.24) is 9.88 Å². The third-order valence-electron chi connectivity index (χ3n) is 3.35. The summed E-state index contributed by atoms with van der Waals surface area (Å²) in [5, 5.41) is 3.37. The van der Waals surface area contributed by atoms with Crippen LogP contribution in [0.25, 0.3) is 0 Å². The van der Waals surface area contributed by atoms with Gasteiger partial charge >= 0.3 is 0 Å².